The molecule has 1 aliphatic carbocycles. The van der Waals surface area contributed by atoms with Crippen molar-refractivity contribution < 1.29 is 0 Å². The molecule has 0 aliphatic heterocycles. The number of H-pyrrole nitrogens is 1. The molecule has 0 bridgehead atoms. The lowest BCUT2D eigenvalue weighted by molar-refractivity contribution is 0.572. The van der Waals surface area contributed by atoms with Crippen molar-refractivity contribution in [2.75, 3.05) is 10.6 Å². The lowest BCUT2D eigenvalue weighted by Crippen LogP contribution is -2.38. The van der Waals surface area contributed by atoms with Gasteiger partial charge < -0.3 is 10.6 Å². The van der Waals surface area contributed by atoms with Crippen LogP contribution >= 0.6 is 0 Å². The Kier molecular flexibility index (Phi) is 5.47. The normalized spacial score (nSPS) is 13.2. The molecule has 2 heterocycles. The Balaban J connectivity index is 1.57. The van der Waals surface area contributed by atoms with Gasteiger partial charge in [-0.3, -0.25) is 14.3 Å². The molecule has 168 valence electrons. The Morgan fingerprint density at radius 3 is 2.30 bits per heavy atom. The third-order valence-corrected chi connectivity index (χ3v) is 5.72. The Morgan fingerprint density at radius 1 is 0.970 bits per heavy atom. The topological polar surface area (TPSA) is 128 Å². The summed E-state index contributed by atoms with van der Waals surface area (Å²) in [6.07, 6.45) is 2.06. The molecule has 4 aromatic rings. The number of nitrogens with zero attached hydrogens (tertiary/aromatic N) is 6. The number of benzene rings is 2. The van der Waals surface area contributed by atoms with Gasteiger partial charge >= 0.3 is 5.69 Å². The molecule has 1 saturated carbocycles. The summed E-state index contributed by atoms with van der Waals surface area (Å²) >= 11 is 0. The number of rotatable bonds is 8. The van der Waals surface area contributed by atoms with Gasteiger partial charge in [-0.25, -0.2) is 9.48 Å². The van der Waals surface area contributed by atoms with Crippen LogP contribution in [0.2, 0.25) is 0 Å². The zero-order valence-electron chi connectivity index (χ0n) is 18.0. The first kappa shape index (κ1) is 20.7. The van der Waals surface area contributed by atoms with E-state index in [0.717, 1.165) is 24.0 Å². The molecule has 3 N–H and O–H groups in total. The largest absolute Gasteiger partial charge is 0.383 e. The summed E-state index contributed by atoms with van der Waals surface area (Å²) in [4.78, 5) is 29.9. The molecule has 0 unspecified atom stereocenters. The predicted molar refractivity (Wildman–Crippen MR) is 124 cm³/mol. The molecule has 1 aliphatic rings. The van der Waals surface area contributed by atoms with Crippen LogP contribution in [0.25, 0.3) is 0 Å². The number of hydrogen-bond acceptors (Lipinski definition) is 7. The Hall–Kier alpha value is -4.21. The molecule has 2 aromatic heterocycles. The Bertz CT molecular complexity index is 1360. The van der Waals surface area contributed by atoms with Gasteiger partial charge in [0.05, 0.1) is 19.1 Å². The minimum Gasteiger partial charge on any atom is -0.383 e. The third-order valence-electron chi connectivity index (χ3n) is 5.72. The second-order valence-electron chi connectivity index (χ2n) is 8.18. The number of tetrazole rings is 1. The van der Waals surface area contributed by atoms with Gasteiger partial charge in [0.2, 0.25) is 0 Å². The Morgan fingerprint density at radius 2 is 1.64 bits per heavy atom. The van der Waals surface area contributed by atoms with E-state index >= 15 is 0 Å². The van der Waals surface area contributed by atoms with Crippen molar-refractivity contribution >= 4 is 11.5 Å². The fourth-order valence-electron chi connectivity index (χ4n) is 3.91. The fraction of sp³-hybridized carbons (Fsp3) is 0.261. The van der Waals surface area contributed by atoms with Crippen molar-refractivity contribution in [3.05, 3.63) is 98.5 Å². The van der Waals surface area contributed by atoms with E-state index in [0.29, 0.717) is 12.4 Å². The molecule has 2 aromatic carbocycles. The third kappa shape index (κ3) is 4.40. The molecule has 1 fully saturated rings. The van der Waals surface area contributed by atoms with Gasteiger partial charge in [0.1, 0.15) is 11.5 Å². The van der Waals surface area contributed by atoms with Crippen molar-refractivity contribution in [2.45, 2.75) is 38.5 Å². The van der Waals surface area contributed by atoms with E-state index in [1.54, 1.807) is 0 Å². The molecule has 0 radical (unpaired) electrons. The number of anilines is 2. The smallest absolute Gasteiger partial charge is 0.330 e. The molecule has 5 rings (SSSR count). The summed E-state index contributed by atoms with van der Waals surface area (Å²) in [6.45, 7) is 0.915. The summed E-state index contributed by atoms with van der Waals surface area (Å²) in [5.41, 5.74) is 7.49. The monoisotopic (exact) mass is 444 g/mol. The van der Waals surface area contributed by atoms with Crippen LogP contribution in [-0.4, -0.2) is 29.8 Å². The van der Waals surface area contributed by atoms with E-state index in [1.807, 2.05) is 70.2 Å². The van der Waals surface area contributed by atoms with E-state index < -0.39 is 11.2 Å². The maximum absolute atomic E-state index is 13.0. The highest BCUT2D eigenvalue weighted by molar-refractivity contribution is 5.62. The van der Waals surface area contributed by atoms with Crippen molar-refractivity contribution in [1.29, 1.82) is 0 Å². The molecule has 33 heavy (non-hydrogen) atoms. The summed E-state index contributed by atoms with van der Waals surface area (Å²) < 4.78 is 3.19. The van der Waals surface area contributed by atoms with Crippen LogP contribution in [0.4, 0.5) is 11.5 Å². The minimum atomic E-state index is -0.549. The molecule has 0 spiro atoms. The molecule has 10 heteroatoms. The molecule has 0 atom stereocenters. The lowest BCUT2D eigenvalue weighted by atomic mass is 10.2. The summed E-state index contributed by atoms with van der Waals surface area (Å²) in [7, 11) is 0. The van der Waals surface area contributed by atoms with E-state index in [9.17, 15) is 9.59 Å². The van der Waals surface area contributed by atoms with E-state index in [4.69, 9.17) is 5.73 Å². The van der Waals surface area contributed by atoms with Gasteiger partial charge in [-0.2, -0.15) is 0 Å². The van der Waals surface area contributed by atoms with E-state index in [-0.39, 0.29) is 30.6 Å². The van der Waals surface area contributed by atoms with Crippen LogP contribution < -0.4 is 21.9 Å². The molecule has 0 saturated heterocycles. The first-order valence-corrected chi connectivity index (χ1v) is 10.8. The zero-order chi connectivity index (χ0) is 22.8. The molecular formula is C23H24N8O2. The Labute approximate surface area is 189 Å². The van der Waals surface area contributed by atoms with Gasteiger partial charge in [-0.1, -0.05) is 60.7 Å². The highest BCUT2D eigenvalue weighted by Gasteiger charge is 2.29. The van der Waals surface area contributed by atoms with Crippen LogP contribution in [0.5, 0.6) is 0 Å². The number of hydrogen-bond donors (Lipinski definition) is 2. The van der Waals surface area contributed by atoms with Crippen LogP contribution in [0.3, 0.4) is 0 Å². The fourth-order valence-corrected chi connectivity index (χ4v) is 3.91. The first-order chi connectivity index (χ1) is 16.1. The second kappa shape index (κ2) is 8.73. The van der Waals surface area contributed by atoms with Gasteiger partial charge in [-0.05, 0) is 34.4 Å². The second-order valence-corrected chi connectivity index (χ2v) is 8.18. The van der Waals surface area contributed by atoms with Crippen molar-refractivity contribution in [3.8, 4) is 0 Å². The van der Waals surface area contributed by atoms with E-state index in [1.165, 1.54) is 4.57 Å². The highest BCUT2D eigenvalue weighted by Crippen LogP contribution is 2.35. The van der Waals surface area contributed by atoms with Crippen LogP contribution in [0.1, 0.15) is 35.8 Å². The van der Waals surface area contributed by atoms with Gasteiger partial charge in [0.15, 0.2) is 5.82 Å². The van der Waals surface area contributed by atoms with Crippen LogP contribution in [0, 0.1) is 0 Å². The summed E-state index contributed by atoms with van der Waals surface area (Å²) in [5.74, 6) is 0.752. The van der Waals surface area contributed by atoms with Crippen molar-refractivity contribution in [2.24, 2.45) is 0 Å². The van der Waals surface area contributed by atoms with Crippen molar-refractivity contribution in [1.82, 2.24) is 29.8 Å². The average molecular weight is 444 g/mol. The lowest BCUT2D eigenvalue weighted by Gasteiger charge is -2.26. The van der Waals surface area contributed by atoms with E-state index in [2.05, 4.69) is 20.5 Å². The van der Waals surface area contributed by atoms with Crippen molar-refractivity contribution in [3.63, 3.8) is 0 Å². The number of nitrogens with two attached hydrogens (primary N) is 1. The zero-order valence-corrected chi connectivity index (χ0v) is 18.0. The van der Waals surface area contributed by atoms with Crippen LogP contribution in [0.15, 0.2) is 70.3 Å². The number of nitrogen functional groups attached to an aromatic ring is 1. The van der Waals surface area contributed by atoms with Gasteiger partial charge in [-0.15, -0.1) is 5.10 Å². The number of aromatic amines is 1. The standard InChI is InChI=1S/C23H24N8O2/c24-21-20(22(32)25-23(33)30(21)14-17-9-5-2-6-10-17)29(13-16-7-3-1-4-8-16)15-19-26-27-28-31(19)18-11-12-18/h1-10,18H,11-15,24H2,(H,25,32,33). The molecular weight excluding hydrogens is 420 g/mol. The van der Waals surface area contributed by atoms with Gasteiger partial charge in [0.25, 0.3) is 5.56 Å². The summed E-state index contributed by atoms with van der Waals surface area (Å²) in [6, 6.07) is 19.5. The average Bonchev–Trinajstić information content (AvgIpc) is 3.56. The maximum atomic E-state index is 13.0. The minimum absolute atomic E-state index is 0.106. The predicted octanol–water partition coefficient (Wildman–Crippen LogP) is 1.70. The van der Waals surface area contributed by atoms with Crippen LogP contribution in [-0.2, 0) is 19.6 Å². The number of nitrogens with one attached hydrogen (secondary N) is 1. The SMILES string of the molecule is Nc1c(N(Cc2ccccc2)Cc2nnnn2C2CC2)c(=O)[nH]c(=O)n1Cc1ccccc1. The number of aromatic nitrogens is 6. The quantitative estimate of drug-likeness (QED) is 0.423. The molecule has 0 amide bonds. The summed E-state index contributed by atoms with van der Waals surface area (Å²) in [5, 5.41) is 12.1. The molecule has 10 nitrogen and oxygen atoms in total. The highest BCUT2D eigenvalue weighted by atomic mass is 16.2. The maximum Gasteiger partial charge on any atom is 0.330 e. The first-order valence-electron chi connectivity index (χ1n) is 10.8. The van der Waals surface area contributed by atoms with Gasteiger partial charge in [0, 0.05) is 6.54 Å².